The second kappa shape index (κ2) is 7.86. The van der Waals surface area contributed by atoms with E-state index in [1.54, 1.807) is 0 Å². The predicted molar refractivity (Wildman–Crippen MR) is 112 cm³/mol. The molecule has 0 spiro atoms. The van der Waals surface area contributed by atoms with Crippen molar-refractivity contribution in [2.75, 3.05) is 0 Å². The number of benzene rings is 2. The molecule has 2 atom stereocenters. The lowest BCUT2D eigenvalue weighted by Gasteiger charge is -2.38. The first-order chi connectivity index (χ1) is 13.2. The molecule has 2 unspecified atom stereocenters. The van der Waals surface area contributed by atoms with Gasteiger partial charge in [0.1, 0.15) is 17.1 Å². The quantitative estimate of drug-likeness (QED) is 0.775. The lowest BCUT2D eigenvalue weighted by molar-refractivity contribution is -0.129. The molecule has 0 fully saturated rings. The van der Waals surface area contributed by atoms with E-state index in [0.717, 1.165) is 40.2 Å². The normalized spacial score (nSPS) is 18.6. The third-order valence-electron chi connectivity index (χ3n) is 5.22. The molecule has 3 rings (SSSR count). The number of hydrogen-bond acceptors (Lipinski definition) is 3. The SMILES string of the molecule is CCC(Oc1cc(C)ccc1C)C(=O)NC1CC(C)(C)Oc2ccc(C)cc21. The van der Waals surface area contributed by atoms with E-state index in [-0.39, 0.29) is 17.6 Å². The molecule has 4 heteroatoms. The predicted octanol–water partition coefficient (Wildman–Crippen LogP) is 5.19. The van der Waals surface area contributed by atoms with Crippen molar-refractivity contribution in [3.63, 3.8) is 0 Å². The van der Waals surface area contributed by atoms with Gasteiger partial charge in [-0.25, -0.2) is 0 Å². The van der Waals surface area contributed by atoms with Crippen molar-refractivity contribution < 1.29 is 14.3 Å². The molecule has 28 heavy (non-hydrogen) atoms. The van der Waals surface area contributed by atoms with Crippen LogP contribution >= 0.6 is 0 Å². The molecule has 0 bridgehead atoms. The number of fused-ring (bicyclic) bond motifs is 1. The van der Waals surface area contributed by atoms with E-state index in [0.29, 0.717) is 6.42 Å². The minimum Gasteiger partial charge on any atom is -0.487 e. The van der Waals surface area contributed by atoms with Gasteiger partial charge in [0.2, 0.25) is 0 Å². The smallest absolute Gasteiger partial charge is 0.261 e. The molecule has 1 N–H and O–H groups in total. The molecule has 4 nitrogen and oxygen atoms in total. The Morgan fingerprint density at radius 3 is 2.57 bits per heavy atom. The minimum absolute atomic E-state index is 0.0847. The molecule has 1 heterocycles. The van der Waals surface area contributed by atoms with Crippen LogP contribution < -0.4 is 14.8 Å². The Labute approximate surface area is 168 Å². The number of ether oxygens (including phenoxy) is 2. The van der Waals surface area contributed by atoms with Gasteiger partial charge >= 0.3 is 0 Å². The first kappa shape index (κ1) is 20.2. The Hall–Kier alpha value is -2.49. The third kappa shape index (κ3) is 4.49. The molecular formula is C24H31NO3. The Bertz CT molecular complexity index is 872. The molecule has 2 aromatic rings. The van der Waals surface area contributed by atoms with Gasteiger partial charge in [0.05, 0.1) is 6.04 Å². The van der Waals surface area contributed by atoms with E-state index >= 15 is 0 Å². The van der Waals surface area contributed by atoms with Gasteiger partial charge in [-0.3, -0.25) is 4.79 Å². The van der Waals surface area contributed by atoms with Gasteiger partial charge in [0, 0.05) is 12.0 Å². The third-order valence-corrected chi connectivity index (χ3v) is 5.22. The van der Waals surface area contributed by atoms with Gasteiger partial charge in [0.25, 0.3) is 5.91 Å². The Balaban J connectivity index is 1.80. The Morgan fingerprint density at radius 2 is 1.86 bits per heavy atom. The maximum Gasteiger partial charge on any atom is 0.261 e. The maximum atomic E-state index is 13.1. The number of carbonyl (C=O) groups excluding carboxylic acids is 1. The number of amides is 1. The molecular weight excluding hydrogens is 350 g/mol. The van der Waals surface area contributed by atoms with E-state index in [4.69, 9.17) is 9.47 Å². The summed E-state index contributed by atoms with van der Waals surface area (Å²) in [5.41, 5.74) is 4.00. The van der Waals surface area contributed by atoms with Gasteiger partial charge in [-0.05, 0) is 64.3 Å². The lowest BCUT2D eigenvalue weighted by Crippen LogP contribution is -2.45. The van der Waals surface area contributed by atoms with Crippen LogP contribution in [0, 0.1) is 20.8 Å². The Morgan fingerprint density at radius 1 is 1.18 bits per heavy atom. The first-order valence-corrected chi connectivity index (χ1v) is 10.0. The maximum absolute atomic E-state index is 13.1. The van der Waals surface area contributed by atoms with Crippen LogP contribution in [-0.2, 0) is 4.79 Å². The molecule has 0 aromatic heterocycles. The van der Waals surface area contributed by atoms with Crippen molar-refractivity contribution in [1.29, 1.82) is 0 Å². The van der Waals surface area contributed by atoms with Crippen LogP contribution in [0.1, 0.15) is 61.9 Å². The topological polar surface area (TPSA) is 47.6 Å². The summed E-state index contributed by atoms with van der Waals surface area (Å²) in [5, 5.41) is 3.22. The van der Waals surface area contributed by atoms with Crippen LogP contribution in [0.15, 0.2) is 36.4 Å². The summed E-state index contributed by atoms with van der Waals surface area (Å²) in [6, 6.07) is 12.1. The number of nitrogens with one attached hydrogen (secondary N) is 1. The van der Waals surface area contributed by atoms with Gasteiger partial charge in [0.15, 0.2) is 6.10 Å². The van der Waals surface area contributed by atoms with Gasteiger partial charge < -0.3 is 14.8 Å². The fourth-order valence-corrected chi connectivity index (χ4v) is 3.68. The van der Waals surface area contributed by atoms with Crippen molar-refractivity contribution in [1.82, 2.24) is 5.32 Å². The molecule has 1 aliphatic rings. The summed E-state index contributed by atoms with van der Waals surface area (Å²) in [5.74, 6) is 1.53. The molecule has 2 aromatic carbocycles. The average molecular weight is 382 g/mol. The van der Waals surface area contributed by atoms with Crippen LogP contribution in [0.5, 0.6) is 11.5 Å². The largest absolute Gasteiger partial charge is 0.487 e. The van der Waals surface area contributed by atoms with Gasteiger partial charge in [-0.2, -0.15) is 0 Å². The van der Waals surface area contributed by atoms with E-state index in [1.807, 2.05) is 51.1 Å². The van der Waals surface area contributed by atoms with Crippen LogP contribution in [0.4, 0.5) is 0 Å². The zero-order valence-corrected chi connectivity index (χ0v) is 17.8. The Kier molecular flexibility index (Phi) is 5.69. The standard InChI is InChI=1S/C24H31NO3/c1-7-20(27-22-13-16(3)8-10-17(22)4)23(26)25-19-14-24(5,6)28-21-11-9-15(2)12-18(19)21/h8-13,19-20H,7,14H2,1-6H3,(H,25,26). The fourth-order valence-electron chi connectivity index (χ4n) is 3.68. The highest BCUT2D eigenvalue weighted by Crippen LogP contribution is 2.40. The summed E-state index contributed by atoms with van der Waals surface area (Å²) in [4.78, 5) is 13.1. The van der Waals surface area contributed by atoms with Crippen LogP contribution in [0.2, 0.25) is 0 Å². The zero-order valence-electron chi connectivity index (χ0n) is 17.8. The average Bonchev–Trinajstić information content (AvgIpc) is 2.62. The molecule has 0 aliphatic carbocycles. The molecule has 0 saturated heterocycles. The van der Waals surface area contributed by atoms with Gasteiger partial charge in [-0.1, -0.05) is 36.8 Å². The van der Waals surface area contributed by atoms with E-state index in [1.165, 1.54) is 0 Å². The number of carbonyl (C=O) groups is 1. The van der Waals surface area contributed by atoms with Crippen molar-refractivity contribution in [2.45, 2.75) is 72.1 Å². The summed E-state index contributed by atoms with van der Waals surface area (Å²) in [6.07, 6.45) is 0.793. The van der Waals surface area contributed by atoms with Crippen LogP contribution in [0.25, 0.3) is 0 Å². The summed E-state index contributed by atoms with van der Waals surface area (Å²) >= 11 is 0. The van der Waals surface area contributed by atoms with Crippen molar-refractivity contribution in [2.24, 2.45) is 0 Å². The monoisotopic (exact) mass is 381 g/mol. The van der Waals surface area contributed by atoms with Crippen LogP contribution in [-0.4, -0.2) is 17.6 Å². The molecule has 150 valence electrons. The number of hydrogen-bond donors (Lipinski definition) is 1. The zero-order chi connectivity index (χ0) is 20.5. The molecule has 1 aliphatic heterocycles. The second-order valence-corrected chi connectivity index (χ2v) is 8.45. The van der Waals surface area contributed by atoms with Crippen molar-refractivity contribution >= 4 is 5.91 Å². The summed E-state index contributed by atoms with van der Waals surface area (Å²) in [6.45, 7) is 12.2. The number of aryl methyl sites for hydroxylation is 3. The molecule has 0 saturated carbocycles. The fraction of sp³-hybridized carbons (Fsp3) is 0.458. The van der Waals surface area contributed by atoms with E-state index in [9.17, 15) is 4.79 Å². The summed E-state index contributed by atoms with van der Waals surface area (Å²) in [7, 11) is 0. The highest BCUT2D eigenvalue weighted by Gasteiger charge is 2.35. The second-order valence-electron chi connectivity index (χ2n) is 8.45. The minimum atomic E-state index is -0.528. The van der Waals surface area contributed by atoms with E-state index < -0.39 is 6.10 Å². The van der Waals surface area contributed by atoms with E-state index in [2.05, 4.69) is 32.2 Å². The molecule has 1 amide bonds. The van der Waals surface area contributed by atoms with Crippen LogP contribution in [0.3, 0.4) is 0 Å². The number of rotatable bonds is 5. The van der Waals surface area contributed by atoms with Crippen molar-refractivity contribution in [3.05, 3.63) is 58.7 Å². The van der Waals surface area contributed by atoms with Crippen molar-refractivity contribution in [3.8, 4) is 11.5 Å². The highest BCUT2D eigenvalue weighted by atomic mass is 16.5. The first-order valence-electron chi connectivity index (χ1n) is 10.0. The summed E-state index contributed by atoms with van der Waals surface area (Å²) < 4.78 is 12.2. The lowest BCUT2D eigenvalue weighted by atomic mass is 9.88. The van der Waals surface area contributed by atoms with Gasteiger partial charge in [-0.15, -0.1) is 0 Å². The molecule has 0 radical (unpaired) electrons. The highest BCUT2D eigenvalue weighted by molar-refractivity contribution is 5.81.